The van der Waals surface area contributed by atoms with Gasteiger partial charge < -0.3 is 20.1 Å². The van der Waals surface area contributed by atoms with Crippen LogP contribution in [0.4, 0.5) is 0 Å². The van der Waals surface area contributed by atoms with Gasteiger partial charge in [-0.15, -0.1) is 0 Å². The number of carbonyl (C=O) groups excluding carboxylic acids is 2. The zero-order valence-electron chi connectivity index (χ0n) is 19.3. The fourth-order valence-electron chi connectivity index (χ4n) is 4.50. The van der Waals surface area contributed by atoms with E-state index in [0.717, 1.165) is 44.1 Å². The minimum absolute atomic E-state index is 0.0836. The summed E-state index contributed by atoms with van der Waals surface area (Å²) in [5.74, 6) is 0.194. The van der Waals surface area contributed by atoms with Crippen LogP contribution in [0.25, 0.3) is 0 Å². The van der Waals surface area contributed by atoms with E-state index in [1.807, 2.05) is 43.3 Å². The van der Waals surface area contributed by atoms with Crippen molar-refractivity contribution in [3.63, 3.8) is 0 Å². The van der Waals surface area contributed by atoms with E-state index in [9.17, 15) is 9.59 Å². The number of amides is 2. The first-order valence-electron chi connectivity index (χ1n) is 11.3. The van der Waals surface area contributed by atoms with Crippen LogP contribution >= 0.6 is 0 Å². The van der Waals surface area contributed by atoms with Crippen LogP contribution in [0.2, 0.25) is 0 Å². The van der Waals surface area contributed by atoms with E-state index >= 15 is 0 Å². The maximum atomic E-state index is 12.5. The molecule has 6 nitrogen and oxygen atoms in total. The molecule has 0 bridgehead atoms. The molecule has 0 aliphatic heterocycles. The van der Waals surface area contributed by atoms with E-state index in [1.54, 1.807) is 14.2 Å². The molecule has 0 heterocycles. The molecule has 2 amide bonds. The molecule has 3 rings (SSSR count). The number of methoxy groups -OCH3 is 2. The van der Waals surface area contributed by atoms with Crippen LogP contribution in [0.15, 0.2) is 48.5 Å². The minimum atomic E-state index is -0.580. The number of aryl methyl sites for hydroxylation is 1. The van der Waals surface area contributed by atoms with Gasteiger partial charge >= 0.3 is 11.8 Å². The second kappa shape index (κ2) is 11.0. The van der Waals surface area contributed by atoms with E-state index in [0.29, 0.717) is 18.0 Å². The monoisotopic (exact) mass is 438 g/mol. The lowest BCUT2D eigenvalue weighted by Gasteiger charge is -2.30. The summed E-state index contributed by atoms with van der Waals surface area (Å²) >= 11 is 0. The summed E-state index contributed by atoms with van der Waals surface area (Å²) in [7, 11) is 3.23. The Kier molecular flexibility index (Phi) is 8.14. The van der Waals surface area contributed by atoms with Crippen molar-refractivity contribution in [3.8, 4) is 11.5 Å². The lowest BCUT2D eigenvalue weighted by atomic mass is 9.78. The van der Waals surface area contributed by atoms with E-state index in [1.165, 1.54) is 5.56 Å². The van der Waals surface area contributed by atoms with Gasteiger partial charge in [0.25, 0.3) is 0 Å². The topological polar surface area (TPSA) is 76.7 Å². The van der Waals surface area contributed by atoms with E-state index in [2.05, 4.69) is 22.8 Å². The van der Waals surface area contributed by atoms with Crippen LogP contribution in [0.3, 0.4) is 0 Å². The Balaban J connectivity index is 1.57. The molecule has 2 aromatic carbocycles. The maximum Gasteiger partial charge on any atom is 0.309 e. The van der Waals surface area contributed by atoms with E-state index in [4.69, 9.17) is 9.47 Å². The SMILES string of the molecule is COc1ccc(C2(CNC(=O)C(=O)N[C@H](C)CCc3ccccc3)CCCC2)cc1OC. The molecule has 1 saturated carbocycles. The Morgan fingerprint density at radius 3 is 2.31 bits per heavy atom. The molecule has 32 heavy (non-hydrogen) atoms. The molecule has 0 aromatic heterocycles. The van der Waals surface area contributed by atoms with Gasteiger partial charge in [0, 0.05) is 18.0 Å². The van der Waals surface area contributed by atoms with Crippen molar-refractivity contribution in [2.45, 2.75) is 56.9 Å². The molecule has 1 aliphatic carbocycles. The van der Waals surface area contributed by atoms with Gasteiger partial charge in [-0.1, -0.05) is 49.2 Å². The molecule has 0 saturated heterocycles. The average molecular weight is 439 g/mol. The number of nitrogens with one attached hydrogen (secondary N) is 2. The standard InChI is InChI=1S/C26H34N2O4/c1-19(11-12-20-9-5-4-6-10-20)28-25(30)24(29)27-18-26(15-7-8-16-26)21-13-14-22(31-2)23(17-21)32-3/h4-6,9-10,13-14,17,19H,7-8,11-12,15-16,18H2,1-3H3,(H,27,29)(H,28,30)/t19-/m1/s1. The second-order valence-electron chi connectivity index (χ2n) is 8.64. The van der Waals surface area contributed by atoms with Gasteiger partial charge in [-0.05, 0) is 55.9 Å². The van der Waals surface area contributed by atoms with Crippen molar-refractivity contribution < 1.29 is 19.1 Å². The number of rotatable bonds is 9. The zero-order valence-corrected chi connectivity index (χ0v) is 19.3. The van der Waals surface area contributed by atoms with Crippen molar-refractivity contribution >= 4 is 11.8 Å². The fourth-order valence-corrected chi connectivity index (χ4v) is 4.50. The third-order valence-electron chi connectivity index (χ3n) is 6.44. The summed E-state index contributed by atoms with van der Waals surface area (Å²) in [5.41, 5.74) is 2.12. The number of ether oxygens (including phenoxy) is 2. The molecule has 2 N–H and O–H groups in total. The van der Waals surface area contributed by atoms with Crippen LogP contribution in [-0.4, -0.2) is 38.6 Å². The van der Waals surface area contributed by atoms with Crippen LogP contribution in [0.5, 0.6) is 11.5 Å². The van der Waals surface area contributed by atoms with Crippen LogP contribution in [0, 0.1) is 0 Å². The largest absolute Gasteiger partial charge is 0.493 e. The molecule has 1 atom stereocenters. The average Bonchev–Trinajstić information content (AvgIpc) is 3.31. The summed E-state index contributed by atoms with van der Waals surface area (Å²) in [5, 5.41) is 5.71. The zero-order chi connectivity index (χ0) is 23.0. The second-order valence-corrected chi connectivity index (χ2v) is 8.64. The number of hydrogen-bond acceptors (Lipinski definition) is 4. The fraction of sp³-hybridized carbons (Fsp3) is 0.462. The predicted octanol–water partition coefficient (Wildman–Crippen LogP) is 3.77. The molecular formula is C26H34N2O4. The lowest BCUT2D eigenvalue weighted by molar-refractivity contribution is -0.139. The van der Waals surface area contributed by atoms with E-state index < -0.39 is 11.8 Å². The highest BCUT2D eigenvalue weighted by molar-refractivity contribution is 6.35. The van der Waals surface area contributed by atoms with Gasteiger partial charge in [0.05, 0.1) is 14.2 Å². The summed E-state index contributed by atoms with van der Waals surface area (Å²) in [6.45, 7) is 2.35. The van der Waals surface area contributed by atoms with Crippen molar-refractivity contribution in [3.05, 3.63) is 59.7 Å². The van der Waals surface area contributed by atoms with Crippen molar-refractivity contribution in [2.24, 2.45) is 0 Å². The molecule has 1 aliphatic rings. The smallest absolute Gasteiger partial charge is 0.309 e. The van der Waals surface area contributed by atoms with Crippen LogP contribution in [-0.2, 0) is 21.4 Å². The molecule has 6 heteroatoms. The Labute approximate surface area is 190 Å². The Morgan fingerprint density at radius 1 is 0.969 bits per heavy atom. The number of hydrogen-bond donors (Lipinski definition) is 2. The Morgan fingerprint density at radius 2 is 1.66 bits per heavy atom. The summed E-state index contributed by atoms with van der Waals surface area (Å²) in [6.07, 6.45) is 5.72. The van der Waals surface area contributed by atoms with Gasteiger partial charge in [0.15, 0.2) is 11.5 Å². The van der Waals surface area contributed by atoms with Crippen LogP contribution < -0.4 is 20.1 Å². The molecule has 0 radical (unpaired) electrons. The quantitative estimate of drug-likeness (QED) is 0.585. The van der Waals surface area contributed by atoms with Gasteiger partial charge in [-0.3, -0.25) is 9.59 Å². The molecule has 2 aromatic rings. The third-order valence-corrected chi connectivity index (χ3v) is 6.44. The molecule has 1 fully saturated rings. The highest BCUT2D eigenvalue weighted by Crippen LogP contribution is 2.43. The van der Waals surface area contributed by atoms with Crippen molar-refractivity contribution in [1.29, 1.82) is 0 Å². The molecule has 172 valence electrons. The van der Waals surface area contributed by atoms with Crippen molar-refractivity contribution in [2.75, 3.05) is 20.8 Å². The lowest BCUT2D eigenvalue weighted by Crippen LogP contribution is -2.47. The normalized spacial score (nSPS) is 15.6. The number of benzene rings is 2. The highest BCUT2D eigenvalue weighted by Gasteiger charge is 2.37. The highest BCUT2D eigenvalue weighted by atomic mass is 16.5. The van der Waals surface area contributed by atoms with Crippen LogP contribution in [0.1, 0.15) is 50.2 Å². The Bertz CT molecular complexity index is 907. The first-order chi connectivity index (χ1) is 15.5. The molecule has 0 spiro atoms. The third kappa shape index (κ3) is 5.81. The van der Waals surface area contributed by atoms with Gasteiger partial charge in [-0.2, -0.15) is 0 Å². The summed E-state index contributed by atoms with van der Waals surface area (Å²) in [4.78, 5) is 25.0. The summed E-state index contributed by atoms with van der Waals surface area (Å²) in [6, 6.07) is 16.0. The van der Waals surface area contributed by atoms with Crippen molar-refractivity contribution in [1.82, 2.24) is 10.6 Å². The van der Waals surface area contributed by atoms with E-state index in [-0.39, 0.29) is 11.5 Å². The maximum absolute atomic E-state index is 12.5. The number of carbonyl (C=O) groups is 2. The first-order valence-corrected chi connectivity index (χ1v) is 11.3. The molecular weight excluding hydrogens is 404 g/mol. The minimum Gasteiger partial charge on any atom is -0.493 e. The van der Waals surface area contributed by atoms with Gasteiger partial charge in [-0.25, -0.2) is 0 Å². The Hall–Kier alpha value is -3.02. The predicted molar refractivity (Wildman–Crippen MR) is 125 cm³/mol. The van der Waals surface area contributed by atoms with Gasteiger partial charge in [0.2, 0.25) is 0 Å². The van der Waals surface area contributed by atoms with Gasteiger partial charge in [0.1, 0.15) is 0 Å². The summed E-state index contributed by atoms with van der Waals surface area (Å²) < 4.78 is 10.8. The molecule has 0 unspecified atom stereocenters. The first kappa shape index (κ1) is 23.6.